The van der Waals surface area contributed by atoms with Crippen molar-refractivity contribution in [2.24, 2.45) is 0 Å². The highest BCUT2D eigenvalue weighted by Gasteiger charge is 1.75. The Labute approximate surface area is 54.2 Å². The Morgan fingerprint density at radius 2 is 2.11 bits per heavy atom. The van der Waals surface area contributed by atoms with Gasteiger partial charge in [-0.3, -0.25) is 0 Å². The van der Waals surface area contributed by atoms with Crippen molar-refractivity contribution < 1.29 is 14.5 Å². The molecule has 1 aromatic rings. The molecule has 49 valence electrons. The van der Waals surface area contributed by atoms with E-state index < -0.39 is 0 Å². The summed E-state index contributed by atoms with van der Waals surface area (Å²) < 4.78 is 4.83. The van der Waals surface area contributed by atoms with E-state index in [2.05, 4.69) is 0 Å². The zero-order valence-electron chi connectivity index (χ0n) is 5.11. The molecule has 0 bridgehead atoms. The van der Waals surface area contributed by atoms with Crippen LogP contribution in [0.3, 0.4) is 0 Å². The lowest BCUT2D eigenvalue weighted by atomic mass is 10.5. The van der Waals surface area contributed by atoms with Gasteiger partial charge in [-0.1, -0.05) is 0 Å². The van der Waals surface area contributed by atoms with Gasteiger partial charge in [0, 0.05) is 0 Å². The van der Waals surface area contributed by atoms with Crippen LogP contribution in [-0.2, 0) is 0 Å². The fraction of sp³-hybridized carbons (Fsp3) is 0.200. The smallest absolute Gasteiger partial charge is 0.470 e. The molecule has 0 amide bonds. The molecule has 1 radical (unpaired) electrons. The van der Waals surface area contributed by atoms with Gasteiger partial charge in [-0.05, 0) is 19.1 Å². The van der Waals surface area contributed by atoms with Crippen LogP contribution in [0, 0.1) is 6.92 Å². The summed E-state index contributed by atoms with van der Waals surface area (Å²) in [5, 5.41) is 14.0. The Hall–Kier alpha value is -0.735. The van der Waals surface area contributed by atoms with Crippen molar-refractivity contribution in [1.82, 2.24) is 0 Å². The lowest BCUT2D eigenvalue weighted by Crippen LogP contribution is -1.75. The molecular formula is C5H8BO3. The first-order valence-electron chi connectivity index (χ1n) is 2.41. The van der Waals surface area contributed by atoms with Gasteiger partial charge < -0.3 is 14.5 Å². The Morgan fingerprint density at radius 3 is 2.22 bits per heavy atom. The van der Waals surface area contributed by atoms with E-state index in [1.54, 1.807) is 6.26 Å². The highest BCUT2D eigenvalue weighted by molar-refractivity contribution is 6.13. The summed E-state index contributed by atoms with van der Waals surface area (Å²) in [6, 6.07) is 3.79. The third kappa shape index (κ3) is 5.13. The third-order valence-electron chi connectivity index (χ3n) is 0.663. The van der Waals surface area contributed by atoms with Gasteiger partial charge in [0.2, 0.25) is 0 Å². The summed E-state index contributed by atoms with van der Waals surface area (Å²) in [6.45, 7) is 1.92. The molecule has 0 saturated heterocycles. The van der Waals surface area contributed by atoms with E-state index in [0.717, 1.165) is 5.76 Å². The molecule has 4 heteroatoms. The first-order chi connectivity index (χ1) is 4.31. The fourth-order valence-corrected chi connectivity index (χ4v) is 0.361. The molecular weight excluding hydrogens is 119 g/mol. The van der Waals surface area contributed by atoms with E-state index in [0.29, 0.717) is 0 Å². The molecule has 0 aromatic carbocycles. The summed E-state index contributed by atoms with van der Waals surface area (Å²) in [7, 11) is 0. The van der Waals surface area contributed by atoms with Crippen LogP contribution in [0.1, 0.15) is 5.76 Å². The number of hydrogen-bond acceptors (Lipinski definition) is 3. The highest BCUT2D eigenvalue weighted by atomic mass is 16.4. The number of hydrogen-bond donors (Lipinski definition) is 2. The maximum Gasteiger partial charge on any atom is 0.482 e. The molecule has 0 aliphatic carbocycles. The number of furan rings is 1. The van der Waals surface area contributed by atoms with Crippen molar-refractivity contribution in [1.29, 1.82) is 0 Å². The zero-order valence-corrected chi connectivity index (χ0v) is 5.11. The summed E-state index contributed by atoms with van der Waals surface area (Å²) in [4.78, 5) is 0. The van der Waals surface area contributed by atoms with Crippen molar-refractivity contribution >= 4 is 7.69 Å². The van der Waals surface area contributed by atoms with Crippen LogP contribution < -0.4 is 0 Å². The van der Waals surface area contributed by atoms with Crippen LogP contribution in [0.25, 0.3) is 0 Å². The minimum absolute atomic E-state index is 0. The highest BCUT2D eigenvalue weighted by Crippen LogP contribution is 1.93. The van der Waals surface area contributed by atoms with E-state index in [-0.39, 0.29) is 7.69 Å². The standard InChI is InChI=1S/C5H6O.BH2O2/c1-5-3-2-4-6-5;2-1-3/h2-4H,1H3;2-3H. The van der Waals surface area contributed by atoms with Gasteiger partial charge in [-0.25, -0.2) is 0 Å². The summed E-state index contributed by atoms with van der Waals surface area (Å²) >= 11 is 0. The SMILES string of the molecule is Cc1ccco1.O[B]O. The van der Waals surface area contributed by atoms with Crippen LogP contribution >= 0.6 is 0 Å². The lowest BCUT2D eigenvalue weighted by molar-refractivity contribution is 0.448. The second-order valence-electron chi connectivity index (χ2n) is 1.34. The van der Waals surface area contributed by atoms with E-state index in [1.165, 1.54) is 0 Å². The number of aryl methyl sites for hydroxylation is 1. The minimum atomic E-state index is 0. The van der Waals surface area contributed by atoms with Crippen LogP contribution in [0.15, 0.2) is 22.8 Å². The van der Waals surface area contributed by atoms with Gasteiger partial charge >= 0.3 is 7.69 Å². The van der Waals surface area contributed by atoms with Crippen molar-refractivity contribution in [3.8, 4) is 0 Å². The average Bonchev–Trinajstić information content (AvgIpc) is 2.20. The number of rotatable bonds is 0. The predicted octanol–water partition coefficient (Wildman–Crippen LogP) is 0.0932. The molecule has 0 spiro atoms. The van der Waals surface area contributed by atoms with Crippen LogP contribution in [-0.4, -0.2) is 17.7 Å². The molecule has 3 nitrogen and oxygen atoms in total. The molecule has 0 atom stereocenters. The molecule has 1 aromatic heterocycles. The van der Waals surface area contributed by atoms with E-state index in [1.807, 2.05) is 19.1 Å². The molecule has 0 fully saturated rings. The average molecular weight is 127 g/mol. The molecule has 9 heavy (non-hydrogen) atoms. The van der Waals surface area contributed by atoms with Crippen LogP contribution in [0.4, 0.5) is 0 Å². The molecule has 0 aliphatic heterocycles. The lowest BCUT2D eigenvalue weighted by Gasteiger charge is -1.69. The van der Waals surface area contributed by atoms with Gasteiger partial charge in [0.25, 0.3) is 0 Å². The molecule has 2 N–H and O–H groups in total. The van der Waals surface area contributed by atoms with E-state index in [4.69, 9.17) is 14.5 Å². The maximum atomic E-state index is 7.00. The normalized spacial score (nSPS) is 7.44. The maximum absolute atomic E-state index is 7.00. The molecule has 1 heterocycles. The molecule has 0 aliphatic rings. The summed E-state index contributed by atoms with van der Waals surface area (Å²) in [5.74, 6) is 0.968. The first kappa shape index (κ1) is 8.26. The van der Waals surface area contributed by atoms with Gasteiger partial charge in [0.1, 0.15) is 5.76 Å². The quantitative estimate of drug-likeness (QED) is 0.485. The Kier molecular flexibility index (Phi) is 4.96. The second-order valence-corrected chi connectivity index (χ2v) is 1.34. The Balaban J connectivity index is 0.000000187. The molecule has 1 rings (SSSR count). The van der Waals surface area contributed by atoms with Crippen molar-refractivity contribution in [2.75, 3.05) is 0 Å². The van der Waals surface area contributed by atoms with Gasteiger partial charge in [-0.2, -0.15) is 0 Å². The van der Waals surface area contributed by atoms with E-state index >= 15 is 0 Å². The Morgan fingerprint density at radius 1 is 1.56 bits per heavy atom. The van der Waals surface area contributed by atoms with Crippen molar-refractivity contribution in [3.05, 3.63) is 24.2 Å². The molecule has 0 unspecified atom stereocenters. The third-order valence-corrected chi connectivity index (χ3v) is 0.663. The molecule has 0 saturated carbocycles. The van der Waals surface area contributed by atoms with Crippen molar-refractivity contribution in [3.63, 3.8) is 0 Å². The van der Waals surface area contributed by atoms with E-state index in [9.17, 15) is 0 Å². The second kappa shape index (κ2) is 5.40. The Bertz CT molecular complexity index is 127. The van der Waals surface area contributed by atoms with Gasteiger partial charge in [0.15, 0.2) is 0 Å². The first-order valence-corrected chi connectivity index (χ1v) is 2.41. The monoisotopic (exact) mass is 127 g/mol. The summed E-state index contributed by atoms with van der Waals surface area (Å²) in [6.07, 6.45) is 1.66. The van der Waals surface area contributed by atoms with Crippen molar-refractivity contribution in [2.45, 2.75) is 6.92 Å². The van der Waals surface area contributed by atoms with Gasteiger partial charge in [-0.15, -0.1) is 0 Å². The largest absolute Gasteiger partial charge is 0.482 e. The van der Waals surface area contributed by atoms with Gasteiger partial charge in [0.05, 0.1) is 6.26 Å². The van der Waals surface area contributed by atoms with Crippen LogP contribution in [0.5, 0.6) is 0 Å². The fourth-order valence-electron chi connectivity index (χ4n) is 0.361. The predicted molar refractivity (Wildman–Crippen MR) is 33.6 cm³/mol. The minimum Gasteiger partial charge on any atom is -0.470 e. The summed E-state index contributed by atoms with van der Waals surface area (Å²) in [5.41, 5.74) is 0. The zero-order chi connectivity index (χ0) is 7.11. The topological polar surface area (TPSA) is 53.6 Å². The van der Waals surface area contributed by atoms with Crippen LogP contribution in [0.2, 0.25) is 0 Å².